The first kappa shape index (κ1) is 30.1. The lowest BCUT2D eigenvalue weighted by molar-refractivity contribution is -0.144. The van der Waals surface area contributed by atoms with Crippen LogP contribution < -0.4 is 16.0 Å². The zero-order valence-corrected chi connectivity index (χ0v) is 24.6. The van der Waals surface area contributed by atoms with Crippen molar-refractivity contribution in [1.82, 2.24) is 20.9 Å². The summed E-state index contributed by atoms with van der Waals surface area (Å²) in [4.78, 5) is 67.8. The van der Waals surface area contributed by atoms with E-state index in [9.17, 15) is 24.0 Å². The topological polar surface area (TPSA) is 134 Å². The number of carbonyl (C=O) groups excluding carboxylic acids is 5. The van der Waals surface area contributed by atoms with Gasteiger partial charge in [-0.2, -0.15) is 0 Å². The molecule has 3 aliphatic carbocycles. The van der Waals surface area contributed by atoms with Gasteiger partial charge in [-0.1, -0.05) is 45.6 Å². The summed E-state index contributed by atoms with van der Waals surface area (Å²) < 4.78 is 5.47. The number of nitrogens with one attached hydrogen (secondary N) is 3. The van der Waals surface area contributed by atoms with E-state index >= 15 is 0 Å². The quantitative estimate of drug-likeness (QED) is 0.264. The van der Waals surface area contributed by atoms with Crippen molar-refractivity contribution in [2.45, 2.75) is 103 Å². The number of piperidine rings is 1. The van der Waals surface area contributed by atoms with Crippen molar-refractivity contribution in [1.29, 1.82) is 0 Å². The molecule has 4 rings (SSSR count). The number of hydrogen-bond donors (Lipinski definition) is 3. The molecule has 10 heteroatoms. The minimum Gasteiger partial charge on any atom is -0.444 e. The summed E-state index contributed by atoms with van der Waals surface area (Å²) in [6, 6.07) is -2.52. The fourth-order valence-electron chi connectivity index (χ4n) is 6.68. The van der Waals surface area contributed by atoms with Crippen LogP contribution in [0.4, 0.5) is 4.79 Å². The lowest BCUT2D eigenvalue weighted by Gasteiger charge is -2.35. The second-order valence-electron chi connectivity index (χ2n) is 13.7. The molecule has 5 atom stereocenters. The third kappa shape index (κ3) is 6.69. The van der Waals surface area contributed by atoms with Crippen LogP contribution in [-0.2, 0) is 23.9 Å². The number of hydrogen-bond acceptors (Lipinski definition) is 6. The average molecular weight is 559 g/mol. The van der Waals surface area contributed by atoms with E-state index in [-0.39, 0.29) is 41.5 Å². The molecule has 0 aromatic carbocycles. The number of ether oxygens (including phenoxy) is 1. The van der Waals surface area contributed by atoms with Gasteiger partial charge in [-0.3, -0.25) is 19.2 Å². The van der Waals surface area contributed by atoms with Crippen LogP contribution in [0, 0.1) is 29.1 Å². The molecule has 0 aromatic rings. The van der Waals surface area contributed by atoms with Crippen molar-refractivity contribution in [3.05, 3.63) is 12.7 Å². The highest BCUT2D eigenvalue weighted by molar-refractivity contribution is 6.38. The summed E-state index contributed by atoms with van der Waals surface area (Å²) in [5.74, 6) is -1.79. The number of alkyl carbamates (subject to hydrolysis) is 1. The van der Waals surface area contributed by atoms with E-state index in [2.05, 4.69) is 36.4 Å². The third-order valence-electron chi connectivity index (χ3n) is 9.10. The molecule has 0 bridgehead atoms. The summed E-state index contributed by atoms with van der Waals surface area (Å²) >= 11 is 0. The molecule has 0 aromatic heterocycles. The smallest absolute Gasteiger partial charge is 0.408 e. The molecule has 1 unspecified atom stereocenters. The predicted molar refractivity (Wildman–Crippen MR) is 149 cm³/mol. The summed E-state index contributed by atoms with van der Waals surface area (Å²) in [6.45, 7) is 13.6. The minimum atomic E-state index is -0.951. The van der Waals surface area contributed by atoms with Crippen LogP contribution >= 0.6 is 0 Å². The zero-order chi connectivity index (χ0) is 29.4. The lowest BCUT2D eigenvalue weighted by Crippen LogP contribution is -2.59. The summed E-state index contributed by atoms with van der Waals surface area (Å²) in [5.41, 5.74) is -0.840. The van der Waals surface area contributed by atoms with Gasteiger partial charge in [-0.25, -0.2) is 4.79 Å². The number of rotatable bonds is 11. The van der Waals surface area contributed by atoms with Crippen molar-refractivity contribution in [3.8, 4) is 0 Å². The maximum Gasteiger partial charge on any atom is 0.408 e. The summed E-state index contributed by atoms with van der Waals surface area (Å²) in [5, 5.41) is 8.21. The van der Waals surface area contributed by atoms with Crippen molar-refractivity contribution >= 4 is 29.6 Å². The van der Waals surface area contributed by atoms with Gasteiger partial charge in [0.15, 0.2) is 0 Å². The maximum absolute atomic E-state index is 14.1. The van der Waals surface area contributed by atoms with Crippen molar-refractivity contribution < 1.29 is 28.7 Å². The number of Topliss-reactive ketones (excluding diaryl/α,β-unsaturated/α-hetero) is 1. The number of amides is 4. The van der Waals surface area contributed by atoms with Gasteiger partial charge in [0.1, 0.15) is 17.7 Å². The van der Waals surface area contributed by atoms with E-state index in [0.29, 0.717) is 13.0 Å². The largest absolute Gasteiger partial charge is 0.444 e. The Morgan fingerprint density at radius 2 is 1.70 bits per heavy atom. The molecule has 40 heavy (non-hydrogen) atoms. The van der Waals surface area contributed by atoms with Gasteiger partial charge in [-0.15, -0.1) is 6.58 Å². The van der Waals surface area contributed by atoms with Gasteiger partial charge in [0.25, 0.3) is 5.91 Å². The molecule has 1 heterocycles. The van der Waals surface area contributed by atoms with Crippen molar-refractivity contribution in [2.24, 2.45) is 29.1 Å². The molecule has 4 fully saturated rings. The van der Waals surface area contributed by atoms with Crippen LogP contribution in [0.5, 0.6) is 0 Å². The van der Waals surface area contributed by atoms with Crippen LogP contribution in [0.3, 0.4) is 0 Å². The third-order valence-corrected chi connectivity index (χ3v) is 9.10. The average Bonchev–Trinajstić information content (AvgIpc) is 3.57. The molecular weight excluding hydrogens is 512 g/mol. The minimum absolute atomic E-state index is 0.0357. The Bertz CT molecular complexity index is 1040. The van der Waals surface area contributed by atoms with Crippen LogP contribution in [0.2, 0.25) is 0 Å². The van der Waals surface area contributed by atoms with Gasteiger partial charge in [0, 0.05) is 13.1 Å². The molecule has 3 saturated carbocycles. The van der Waals surface area contributed by atoms with Crippen molar-refractivity contribution in [2.75, 3.05) is 13.1 Å². The summed E-state index contributed by atoms with van der Waals surface area (Å²) in [6.07, 6.45) is 6.73. The van der Waals surface area contributed by atoms with Crippen molar-refractivity contribution in [3.63, 3.8) is 0 Å². The van der Waals surface area contributed by atoms with Gasteiger partial charge in [-0.05, 0) is 69.1 Å². The highest BCUT2D eigenvalue weighted by atomic mass is 16.6. The zero-order valence-electron chi connectivity index (χ0n) is 24.6. The SMILES string of the molecule is C=CCNC(=O)C(=O)C(CC1CC1)NC(=O)[C@@H]1[C@H]2[C@@H](CN1C(=O)[C@@H](NC(=O)OC(C)(C)C)C1CCCC1)C2(C)C. The van der Waals surface area contributed by atoms with E-state index in [1.165, 1.54) is 6.08 Å². The number of likely N-dealkylation sites (tertiary alicyclic amines) is 1. The van der Waals surface area contributed by atoms with E-state index < -0.39 is 47.4 Å². The molecular formula is C30H46N4O6. The van der Waals surface area contributed by atoms with Crippen LogP contribution in [0.15, 0.2) is 12.7 Å². The van der Waals surface area contributed by atoms with E-state index in [0.717, 1.165) is 38.5 Å². The van der Waals surface area contributed by atoms with Crippen LogP contribution in [0.25, 0.3) is 0 Å². The molecule has 10 nitrogen and oxygen atoms in total. The van der Waals surface area contributed by atoms with E-state index in [4.69, 9.17) is 4.74 Å². The highest BCUT2D eigenvalue weighted by Gasteiger charge is 2.69. The molecule has 4 aliphatic rings. The molecule has 1 saturated heterocycles. The van der Waals surface area contributed by atoms with E-state index in [1.54, 1.807) is 25.7 Å². The Morgan fingerprint density at radius 3 is 2.27 bits per heavy atom. The highest BCUT2D eigenvalue weighted by Crippen LogP contribution is 2.65. The number of nitrogens with zero attached hydrogens (tertiary/aromatic N) is 1. The Kier molecular flexibility index (Phi) is 8.66. The fourth-order valence-corrected chi connectivity index (χ4v) is 6.68. The van der Waals surface area contributed by atoms with Gasteiger partial charge < -0.3 is 25.6 Å². The first-order valence-electron chi connectivity index (χ1n) is 14.8. The van der Waals surface area contributed by atoms with Crippen LogP contribution in [0.1, 0.15) is 79.6 Å². The molecule has 222 valence electrons. The van der Waals surface area contributed by atoms with Gasteiger partial charge >= 0.3 is 6.09 Å². The predicted octanol–water partition coefficient (Wildman–Crippen LogP) is 2.71. The van der Waals surface area contributed by atoms with Gasteiger partial charge in [0.05, 0.1) is 6.04 Å². The monoisotopic (exact) mass is 558 g/mol. The Balaban J connectivity index is 1.53. The Hall–Kier alpha value is -2.91. The second kappa shape index (κ2) is 11.5. The molecule has 1 aliphatic heterocycles. The fraction of sp³-hybridized carbons (Fsp3) is 0.767. The number of fused-ring (bicyclic) bond motifs is 1. The molecule has 3 N–H and O–H groups in total. The Labute approximate surface area is 237 Å². The number of ketones is 1. The first-order valence-corrected chi connectivity index (χ1v) is 14.8. The van der Waals surface area contributed by atoms with Gasteiger partial charge in [0.2, 0.25) is 17.6 Å². The first-order chi connectivity index (χ1) is 18.7. The normalized spacial score (nSPS) is 26.7. The summed E-state index contributed by atoms with van der Waals surface area (Å²) in [7, 11) is 0. The van der Waals surface area contributed by atoms with E-state index in [1.807, 2.05) is 0 Å². The standard InChI is InChI=1S/C30H46N4O6/c1-7-14-31-26(37)24(35)20(15-17-12-13-17)32-25(36)23-21-19(30(21,5)6)16-34(23)27(38)22(18-10-8-9-11-18)33-28(39)40-29(2,3)4/h7,17-23H,1,8-16H2,2-6H3,(H,31,37)(H,32,36)(H,33,39)/t19-,20?,21-,22+,23+/m1/s1. The Morgan fingerprint density at radius 1 is 1.05 bits per heavy atom. The molecule has 4 amide bonds. The molecule has 0 radical (unpaired) electrons. The second-order valence-corrected chi connectivity index (χ2v) is 13.7. The molecule has 0 spiro atoms. The lowest BCUT2D eigenvalue weighted by atomic mass is 9.94. The van der Waals surface area contributed by atoms with Crippen LogP contribution in [-0.4, -0.2) is 71.3 Å². The number of carbonyl (C=O) groups is 5. The maximum atomic E-state index is 14.1.